The summed E-state index contributed by atoms with van der Waals surface area (Å²) in [6.45, 7) is 12.7. The maximum Gasteiger partial charge on any atom is 0.266 e. The van der Waals surface area contributed by atoms with Crippen LogP contribution in [0.25, 0.3) is 43.6 Å². The standard InChI is InChI=1S/C16H17FN4O.C15H20N2O3S.C14H19N3O2S.C14H18N2O3S.C13H14N2O/c1-10-19-16(20-22-10)21-6-4-11(5-7-21)14-9-18-15-8-12(17)2-3-13(14)15;1-10-3-4-13-12(9-10)14(15(18)16-13)11-5-7-17(8-6-11)21(2,19)20;1-11-10-16(7-8-17(11)20(2,18)19)14-9-15-13-6-4-3-5-12(13)14;1-20(18,19)16-7-6-11(14(17)9-16)12-8-15-13-5-3-2-4-10(12)13;16-10-4-3-7-15(9-10)13-8-14-12-6-2-1-5-11(12)13/h2-3,8-9,11,18H,4-7H2,1H3;3-4,9,11,14H,5-8H2,1-2H3,(H,16,18);3-6,9,11,15H,7-8,10H2,1-2H3;2-5,8,11,14-15,17H,6-7,9H2,1H3;1-2,5-6,8,14H,3-4,7,9H2. The van der Waals surface area contributed by atoms with Gasteiger partial charge in [-0.2, -0.15) is 13.6 Å². The van der Waals surface area contributed by atoms with Gasteiger partial charge in [0.1, 0.15) is 5.82 Å². The number of aryl methyl sites for hydroxylation is 2. The zero-order valence-corrected chi connectivity index (χ0v) is 59.1. The highest BCUT2D eigenvalue weighted by molar-refractivity contribution is 7.88. The van der Waals surface area contributed by atoms with Gasteiger partial charge in [0.05, 0.1) is 48.7 Å². The van der Waals surface area contributed by atoms with Crippen molar-refractivity contribution >= 4 is 108 Å². The SMILES string of the molecule is CC1CN(c2c[nH]c3ccccc23)CCN1S(C)(=O)=O.CS(=O)(=O)N1CCC(c2c[nH]c3ccccc23)C(O)C1.Cc1ccc2c(c1)C(C1CCN(S(C)(=O)=O)CC1)C(=O)N2.Cc1nc(N2CCC(c3c[nH]c4cc(F)ccc34)CC2)no1.O=C1CCCN(c2c[nH]c3ccccc23)C1. The summed E-state index contributed by atoms with van der Waals surface area (Å²) in [5.74, 6) is 1.99. The number of benzene rings is 5. The van der Waals surface area contributed by atoms with E-state index in [0.29, 0.717) is 62.7 Å². The lowest BCUT2D eigenvalue weighted by Crippen LogP contribution is -2.53. The van der Waals surface area contributed by atoms with Crippen molar-refractivity contribution in [2.24, 2.45) is 5.92 Å². The van der Waals surface area contributed by atoms with Crippen molar-refractivity contribution in [3.63, 3.8) is 0 Å². The molecule has 23 nitrogen and oxygen atoms in total. The maximum atomic E-state index is 13.3. The molecule has 5 fully saturated rings. The molecule has 16 rings (SSSR count). The predicted octanol–water partition coefficient (Wildman–Crippen LogP) is 10.3. The number of hydrogen-bond acceptors (Lipinski definition) is 15. The first-order valence-corrected chi connectivity index (χ1v) is 39.4. The molecule has 0 aliphatic carbocycles. The lowest BCUT2D eigenvalue weighted by atomic mass is 9.81. The molecule has 4 unspecified atom stereocenters. The number of carbonyl (C=O) groups excluding carboxylic acids is 2. The number of fused-ring (bicyclic) bond motifs is 5. The Morgan fingerprint density at radius 3 is 1.76 bits per heavy atom. The average molecular weight is 1410 g/mol. The number of piperazine rings is 1. The van der Waals surface area contributed by atoms with E-state index in [1.807, 2.05) is 105 Å². The fourth-order valence-electron chi connectivity index (χ4n) is 15.0. The second-order valence-corrected chi connectivity index (χ2v) is 32.8. The summed E-state index contributed by atoms with van der Waals surface area (Å²) in [6, 6.07) is 35.3. The number of ketones is 1. The molecule has 11 heterocycles. The van der Waals surface area contributed by atoms with E-state index in [0.717, 1.165) is 138 Å². The minimum atomic E-state index is -3.23. The number of H-pyrrole nitrogens is 4. The van der Waals surface area contributed by atoms with Crippen LogP contribution >= 0.6 is 0 Å². The fraction of sp³-hybridized carbons (Fsp3) is 0.417. The van der Waals surface area contributed by atoms with Crippen LogP contribution in [0.1, 0.15) is 97.8 Å². The molecule has 5 aromatic carbocycles. The smallest absolute Gasteiger partial charge is 0.266 e. The number of β-amino-alcohol motifs (C(OH)–C–C–N with tert-alkyl or cyclic N) is 1. The molecule has 1 amide bonds. The van der Waals surface area contributed by atoms with Crippen molar-refractivity contribution in [1.29, 1.82) is 0 Å². The number of aromatic nitrogens is 6. The number of aliphatic hydroxyl groups is 1. The molecule has 6 aliphatic rings. The third kappa shape index (κ3) is 16.2. The molecule has 526 valence electrons. The molecule has 6 aliphatic heterocycles. The van der Waals surface area contributed by atoms with E-state index in [-0.39, 0.29) is 42.1 Å². The molecule has 6 N–H and O–H groups in total. The molecule has 0 spiro atoms. The summed E-state index contributed by atoms with van der Waals surface area (Å²) >= 11 is 0. The summed E-state index contributed by atoms with van der Waals surface area (Å²) < 4.78 is 92.4. The Balaban J connectivity index is 0.000000118. The number of hydrogen-bond donors (Lipinski definition) is 6. The number of nitrogens with zero attached hydrogens (tertiary/aromatic N) is 8. The van der Waals surface area contributed by atoms with Crippen molar-refractivity contribution in [2.45, 2.75) is 95.6 Å². The zero-order valence-electron chi connectivity index (χ0n) is 56.7. The number of sulfonamides is 3. The monoisotopic (exact) mass is 1410 g/mol. The molecule has 5 aromatic heterocycles. The number of para-hydroxylation sites is 3. The van der Waals surface area contributed by atoms with E-state index in [2.05, 4.69) is 80.4 Å². The first-order valence-electron chi connectivity index (χ1n) is 33.8. The normalized spacial score (nSPS) is 20.9. The minimum absolute atomic E-state index is 0.00703. The Morgan fingerprint density at radius 2 is 1.15 bits per heavy atom. The molecule has 0 bridgehead atoms. The lowest BCUT2D eigenvalue weighted by molar-refractivity contribution is -0.119. The Hall–Kier alpha value is -8.44. The van der Waals surface area contributed by atoms with E-state index in [1.54, 1.807) is 17.3 Å². The van der Waals surface area contributed by atoms with Crippen LogP contribution in [0.5, 0.6) is 0 Å². The largest absolute Gasteiger partial charge is 0.391 e. The second-order valence-electron chi connectivity index (χ2n) is 26.9. The van der Waals surface area contributed by atoms with E-state index in [9.17, 15) is 44.3 Å². The summed E-state index contributed by atoms with van der Waals surface area (Å²) in [4.78, 5) is 47.5. The number of aromatic amines is 4. The van der Waals surface area contributed by atoms with Gasteiger partial charge in [-0.1, -0.05) is 72.3 Å². The number of carbonyl (C=O) groups is 2. The number of amides is 1. The molecule has 0 saturated carbocycles. The van der Waals surface area contributed by atoms with Crippen LogP contribution in [0.15, 0.2) is 139 Å². The zero-order chi connectivity index (χ0) is 69.9. The summed E-state index contributed by atoms with van der Waals surface area (Å²) in [5.41, 5.74) is 11.9. The maximum absolute atomic E-state index is 13.3. The lowest BCUT2D eigenvalue weighted by Gasteiger charge is -2.39. The van der Waals surface area contributed by atoms with Crippen LogP contribution in [-0.4, -0.2) is 188 Å². The van der Waals surface area contributed by atoms with Gasteiger partial charge in [-0.25, -0.2) is 33.9 Å². The molecular formula is C72H88FN13O10S3. The average Bonchev–Trinajstić information content (AvgIpc) is 1.70. The Kier molecular flexibility index (Phi) is 21.2. The third-order valence-electron chi connectivity index (χ3n) is 20.0. The van der Waals surface area contributed by atoms with E-state index in [4.69, 9.17) is 4.52 Å². The number of rotatable bonds is 9. The topological polar surface area (TPSA) is 290 Å². The fourth-order valence-corrected chi connectivity index (χ4v) is 17.8. The van der Waals surface area contributed by atoms with E-state index in [1.165, 1.54) is 49.8 Å². The van der Waals surface area contributed by atoms with Gasteiger partial charge in [0, 0.05) is 165 Å². The minimum Gasteiger partial charge on any atom is -0.391 e. The molecule has 5 saturated heterocycles. The third-order valence-corrected chi connectivity index (χ3v) is 24.0. The van der Waals surface area contributed by atoms with Gasteiger partial charge in [-0.05, 0) is 129 Å². The van der Waals surface area contributed by atoms with Gasteiger partial charge in [0.15, 0.2) is 5.78 Å². The first kappa shape index (κ1) is 70.4. The van der Waals surface area contributed by atoms with Gasteiger partial charge >= 0.3 is 0 Å². The van der Waals surface area contributed by atoms with Crippen molar-refractivity contribution in [3.8, 4) is 0 Å². The molecule has 27 heteroatoms. The van der Waals surface area contributed by atoms with Crippen LogP contribution in [0.2, 0.25) is 0 Å². The number of piperidine rings is 4. The van der Waals surface area contributed by atoms with Crippen molar-refractivity contribution in [1.82, 2.24) is 43.0 Å². The summed E-state index contributed by atoms with van der Waals surface area (Å²) in [7, 11) is -9.46. The number of Topliss-reactive ketones (excluding diaryl/α,β-unsaturated/α-hetero) is 1. The van der Waals surface area contributed by atoms with Crippen molar-refractivity contribution in [3.05, 3.63) is 168 Å². The highest BCUT2D eigenvalue weighted by atomic mass is 32.2. The highest BCUT2D eigenvalue weighted by Gasteiger charge is 2.40. The molecular weight excluding hydrogens is 1320 g/mol. The van der Waals surface area contributed by atoms with Gasteiger partial charge < -0.3 is 49.6 Å². The predicted molar refractivity (Wildman–Crippen MR) is 388 cm³/mol. The highest BCUT2D eigenvalue weighted by Crippen LogP contribution is 2.43. The Labute approximate surface area is 577 Å². The van der Waals surface area contributed by atoms with Gasteiger partial charge in [0.25, 0.3) is 5.95 Å². The Morgan fingerprint density at radius 1 is 0.566 bits per heavy atom. The first-order chi connectivity index (χ1) is 47.3. The molecule has 99 heavy (non-hydrogen) atoms. The van der Waals surface area contributed by atoms with E-state index >= 15 is 0 Å². The Bertz CT molecular complexity index is 4860. The molecule has 4 atom stereocenters. The number of anilines is 4. The van der Waals surface area contributed by atoms with Crippen LogP contribution in [0.3, 0.4) is 0 Å². The number of aliphatic hydroxyl groups excluding tert-OH is 1. The van der Waals surface area contributed by atoms with Crippen LogP contribution in [0.4, 0.5) is 27.4 Å². The second kappa shape index (κ2) is 29.8. The molecule has 10 aromatic rings. The van der Waals surface area contributed by atoms with Gasteiger partial charge in [-0.3, -0.25) is 9.59 Å². The quantitative estimate of drug-likeness (QED) is 0.0783. The van der Waals surface area contributed by atoms with E-state index < -0.39 is 36.2 Å². The number of halogens is 1. The molecule has 0 radical (unpaired) electrons. The van der Waals surface area contributed by atoms with Gasteiger partial charge in [0.2, 0.25) is 41.9 Å². The van der Waals surface area contributed by atoms with Crippen molar-refractivity contribution in [2.75, 3.05) is 111 Å². The number of nitrogens with one attached hydrogen (secondary N) is 5. The summed E-state index contributed by atoms with van der Waals surface area (Å²) in [5, 5.41) is 21.9. The van der Waals surface area contributed by atoms with Crippen LogP contribution in [0, 0.1) is 25.6 Å². The van der Waals surface area contributed by atoms with Crippen LogP contribution in [-0.2, 0) is 39.7 Å². The van der Waals surface area contributed by atoms with Crippen molar-refractivity contribution < 1.29 is 48.9 Å². The summed E-state index contributed by atoms with van der Waals surface area (Å²) in [6.07, 6.45) is 16.9. The van der Waals surface area contributed by atoms with Gasteiger partial charge in [-0.15, -0.1) is 0 Å². The van der Waals surface area contributed by atoms with Crippen LogP contribution < -0.4 is 20.0 Å².